The largest absolute Gasteiger partial charge is 0.320 e. The van der Waals surface area contributed by atoms with Gasteiger partial charge >= 0.3 is 0 Å². The zero-order valence-electron chi connectivity index (χ0n) is 8.08. The van der Waals surface area contributed by atoms with E-state index in [1.807, 2.05) is 30.3 Å². The molecule has 0 aliphatic carbocycles. The number of hydrogen-bond donors (Lipinski definition) is 1. The summed E-state index contributed by atoms with van der Waals surface area (Å²) in [5, 5.41) is 0.652. The lowest BCUT2D eigenvalue weighted by atomic mass is 10.1. The minimum atomic E-state index is -0.234. The smallest absolute Gasteiger partial charge is 0.0931 e. The Labute approximate surface area is 116 Å². The highest BCUT2D eigenvalue weighted by atomic mass is 79.9. The van der Waals surface area contributed by atoms with Crippen molar-refractivity contribution >= 4 is 50.5 Å². The van der Waals surface area contributed by atoms with Gasteiger partial charge in [0.2, 0.25) is 0 Å². The second kappa shape index (κ2) is 5.07. The molecule has 0 saturated carbocycles. The van der Waals surface area contributed by atoms with Gasteiger partial charge in [-0.2, -0.15) is 0 Å². The molecule has 0 amide bonds. The fourth-order valence-electron chi connectivity index (χ4n) is 1.41. The SMILES string of the molecule is NC(c1ccc(Cl)s1)c1cccc(Br)c1Cl. The maximum Gasteiger partial charge on any atom is 0.0931 e. The van der Waals surface area contributed by atoms with Crippen LogP contribution in [0.2, 0.25) is 9.36 Å². The van der Waals surface area contributed by atoms with E-state index in [1.165, 1.54) is 11.3 Å². The van der Waals surface area contributed by atoms with Crippen molar-refractivity contribution in [2.24, 2.45) is 5.73 Å². The lowest BCUT2D eigenvalue weighted by molar-refractivity contribution is 0.893. The van der Waals surface area contributed by atoms with Crippen LogP contribution in [0.5, 0.6) is 0 Å². The first-order chi connectivity index (χ1) is 7.59. The first-order valence-corrected chi connectivity index (χ1v) is 6.91. The van der Waals surface area contributed by atoms with Crippen molar-refractivity contribution in [1.82, 2.24) is 0 Å². The second-order valence-corrected chi connectivity index (χ2v) is 6.24. The first kappa shape index (κ1) is 12.4. The molecular formula is C11H8BrCl2NS. The molecular weight excluding hydrogens is 329 g/mol. The fourth-order valence-corrected chi connectivity index (χ4v) is 3.12. The molecule has 84 valence electrons. The number of benzene rings is 1. The van der Waals surface area contributed by atoms with Gasteiger partial charge < -0.3 is 5.73 Å². The molecule has 1 atom stereocenters. The van der Waals surface area contributed by atoms with Crippen LogP contribution < -0.4 is 5.73 Å². The maximum absolute atomic E-state index is 6.19. The standard InChI is InChI=1S/C11H8BrCl2NS/c12-7-3-1-2-6(10(7)14)11(15)8-4-5-9(13)16-8/h1-5,11H,15H2. The summed E-state index contributed by atoms with van der Waals surface area (Å²) in [6, 6.07) is 9.26. The summed E-state index contributed by atoms with van der Waals surface area (Å²) in [5.74, 6) is 0. The second-order valence-electron chi connectivity index (χ2n) is 3.26. The molecule has 2 aromatic rings. The van der Waals surface area contributed by atoms with Gasteiger partial charge in [0.1, 0.15) is 0 Å². The number of hydrogen-bond acceptors (Lipinski definition) is 2. The Balaban J connectivity index is 2.41. The third-order valence-corrected chi connectivity index (χ3v) is 4.84. The highest BCUT2D eigenvalue weighted by Gasteiger charge is 2.15. The molecule has 2 N–H and O–H groups in total. The molecule has 16 heavy (non-hydrogen) atoms. The number of thiophene rings is 1. The summed E-state index contributed by atoms with van der Waals surface area (Å²) in [7, 11) is 0. The predicted molar refractivity (Wildman–Crippen MR) is 74.5 cm³/mol. The Bertz CT molecular complexity index is 512. The molecule has 1 nitrogen and oxygen atoms in total. The minimum absolute atomic E-state index is 0.234. The molecule has 5 heteroatoms. The molecule has 0 aliphatic rings. The van der Waals surface area contributed by atoms with Crippen LogP contribution in [-0.4, -0.2) is 0 Å². The summed E-state index contributed by atoms with van der Waals surface area (Å²) in [6.45, 7) is 0. The zero-order valence-corrected chi connectivity index (χ0v) is 12.0. The number of halogens is 3. The van der Waals surface area contributed by atoms with Gasteiger partial charge in [0.05, 0.1) is 15.4 Å². The average Bonchev–Trinajstić information content (AvgIpc) is 2.68. The van der Waals surface area contributed by atoms with Crippen molar-refractivity contribution in [3.8, 4) is 0 Å². The number of rotatable bonds is 2. The Morgan fingerprint density at radius 1 is 1.19 bits per heavy atom. The van der Waals surface area contributed by atoms with E-state index in [4.69, 9.17) is 28.9 Å². The fraction of sp³-hybridized carbons (Fsp3) is 0.0909. The van der Waals surface area contributed by atoms with Crippen LogP contribution in [0, 0.1) is 0 Å². The first-order valence-electron chi connectivity index (χ1n) is 4.54. The molecule has 0 spiro atoms. The monoisotopic (exact) mass is 335 g/mol. The summed E-state index contributed by atoms with van der Waals surface area (Å²) in [5.41, 5.74) is 7.04. The molecule has 1 aromatic heterocycles. The van der Waals surface area contributed by atoms with E-state index in [9.17, 15) is 0 Å². The Kier molecular flexibility index (Phi) is 3.93. The summed E-state index contributed by atoms with van der Waals surface area (Å²) in [4.78, 5) is 1.00. The molecule has 0 fully saturated rings. The van der Waals surface area contributed by atoms with E-state index in [-0.39, 0.29) is 6.04 Å². The van der Waals surface area contributed by atoms with E-state index >= 15 is 0 Å². The Morgan fingerprint density at radius 2 is 1.94 bits per heavy atom. The van der Waals surface area contributed by atoms with E-state index in [1.54, 1.807) is 0 Å². The van der Waals surface area contributed by atoms with Crippen molar-refractivity contribution in [2.75, 3.05) is 0 Å². The van der Waals surface area contributed by atoms with Gasteiger partial charge in [-0.05, 0) is 39.7 Å². The Morgan fingerprint density at radius 3 is 2.56 bits per heavy atom. The van der Waals surface area contributed by atoms with Gasteiger partial charge in [0.15, 0.2) is 0 Å². The number of nitrogens with two attached hydrogens (primary N) is 1. The zero-order chi connectivity index (χ0) is 11.7. The van der Waals surface area contributed by atoms with Gasteiger partial charge in [-0.3, -0.25) is 0 Å². The van der Waals surface area contributed by atoms with E-state index in [2.05, 4.69) is 15.9 Å². The van der Waals surface area contributed by atoms with Crippen LogP contribution in [0.25, 0.3) is 0 Å². The predicted octanol–water partition coefficient (Wildman–Crippen LogP) is 4.87. The highest BCUT2D eigenvalue weighted by molar-refractivity contribution is 9.10. The normalized spacial score (nSPS) is 12.8. The third-order valence-electron chi connectivity index (χ3n) is 2.22. The van der Waals surface area contributed by atoms with Gasteiger partial charge in [0, 0.05) is 9.35 Å². The van der Waals surface area contributed by atoms with Crippen molar-refractivity contribution in [3.63, 3.8) is 0 Å². The van der Waals surface area contributed by atoms with Crippen molar-refractivity contribution < 1.29 is 0 Å². The summed E-state index contributed by atoms with van der Waals surface area (Å²) < 4.78 is 1.58. The van der Waals surface area contributed by atoms with Crippen LogP contribution in [0.1, 0.15) is 16.5 Å². The molecule has 2 rings (SSSR count). The summed E-state index contributed by atoms with van der Waals surface area (Å²) in [6.07, 6.45) is 0. The Hall–Kier alpha value is -0.0600. The average molecular weight is 337 g/mol. The highest BCUT2D eigenvalue weighted by Crippen LogP contribution is 2.35. The van der Waals surface area contributed by atoms with Crippen LogP contribution >= 0.6 is 50.5 Å². The summed E-state index contributed by atoms with van der Waals surface area (Å²) >= 11 is 16.9. The quantitative estimate of drug-likeness (QED) is 0.832. The van der Waals surface area contributed by atoms with Gasteiger partial charge in [0.25, 0.3) is 0 Å². The topological polar surface area (TPSA) is 26.0 Å². The van der Waals surface area contributed by atoms with E-state index < -0.39 is 0 Å². The van der Waals surface area contributed by atoms with Gasteiger partial charge in [-0.25, -0.2) is 0 Å². The van der Waals surface area contributed by atoms with Crippen molar-refractivity contribution in [1.29, 1.82) is 0 Å². The molecule has 1 unspecified atom stereocenters. The molecule has 0 aliphatic heterocycles. The molecule has 0 bridgehead atoms. The minimum Gasteiger partial charge on any atom is -0.320 e. The van der Waals surface area contributed by atoms with Gasteiger partial charge in [-0.15, -0.1) is 11.3 Å². The van der Waals surface area contributed by atoms with E-state index in [0.29, 0.717) is 5.02 Å². The maximum atomic E-state index is 6.19. The molecule has 1 heterocycles. The molecule has 0 radical (unpaired) electrons. The van der Waals surface area contributed by atoms with Crippen molar-refractivity contribution in [2.45, 2.75) is 6.04 Å². The molecule has 1 aromatic carbocycles. The lowest BCUT2D eigenvalue weighted by Gasteiger charge is -2.12. The van der Waals surface area contributed by atoms with Crippen LogP contribution in [0.4, 0.5) is 0 Å². The van der Waals surface area contributed by atoms with Crippen LogP contribution in [0.3, 0.4) is 0 Å². The van der Waals surface area contributed by atoms with Crippen LogP contribution in [-0.2, 0) is 0 Å². The van der Waals surface area contributed by atoms with Crippen molar-refractivity contribution in [3.05, 3.63) is 54.6 Å². The lowest BCUT2D eigenvalue weighted by Crippen LogP contribution is -2.10. The van der Waals surface area contributed by atoms with Crippen LogP contribution in [0.15, 0.2) is 34.8 Å². The third kappa shape index (κ3) is 2.44. The van der Waals surface area contributed by atoms with E-state index in [0.717, 1.165) is 19.2 Å². The molecule has 0 saturated heterocycles. The van der Waals surface area contributed by atoms with Gasteiger partial charge in [-0.1, -0.05) is 35.3 Å².